The maximum atomic E-state index is 13.5. The van der Waals surface area contributed by atoms with Gasteiger partial charge in [0.15, 0.2) is 17.5 Å². The Morgan fingerprint density at radius 2 is 2.17 bits per heavy atom. The molecule has 0 radical (unpaired) electrons. The second kappa shape index (κ2) is 7.64. The van der Waals surface area contributed by atoms with Crippen LogP contribution in [-0.4, -0.2) is 46.6 Å². The number of thioether (sulfide) groups is 1. The van der Waals surface area contributed by atoms with Crippen LogP contribution in [0.15, 0.2) is 23.2 Å². The van der Waals surface area contributed by atoms with Crippen molar-refractivity contribution in [3.8, 4) is 5.75 Å². The van der Waals surface area contributed by atoms with E-state index >= 15 is 0 Å². The highest BCUT2D eigenvalue weighted by atomic mass is 32.2. The number of aliphatic imine (C=N–C) groups is 1. The van der Waals surface area contributed by atoms with E-state index in [4.69, 9.17) is 0 Å². The zero-order valence-electron chi connectivity index (χ0n) is 14.2. The number of nitrogens with zero attached hydrogens (tertiary/aromatic N) is 2. The standard InChI is InChI=1S/C18H26FN3OS/c1-20-17(21-12-14-5-6-16(23)15(19)11-14)22-9-10-24-18(13-22)7-3-2-4-8-18/h5-6,11,23H,2-4,7-10,12-13H2,1H3,(H,20,21). The number of nitrogens with one attached hydrogen (secondary N) is 1. The van der Waals surface area contributed by atoms with Gasteiger partial charge in [-0.25, -0.2) is 4.39 Å². The van der Waals surface area contributed by atoms with Gasteiger partial charge >= 0.3 is 0 Å². The fourth-order valence-corrected chi connectivity index (χ4v) is 5.27. The summed E-state index contributed by atoms with van der Waals surface area (Å²) in [6.07, 6.45) is 6.63. The van der Waals surface area contributed by atoms with E-state index < -0.39 is 5.82 Å². The Balaban J connectivity index is 1.62. The summed E-state index contributed by atoms with van der Waals surface area (Å²) in [5.74, 6) is 1.12. The van der Waals surface area contributed by atoms with E-state index in [-0.39, 0.29) is 5.75 Å². The molecule has 3 rings (SSSR count). The maximum Gasteiger partial charge on any atom is 0.193 e. The fourth-order valence-electron chi connectivity index (χ4n) is 3.70. The number of aromatic hydroxyl groups is 1. The number of hydrogen-bond donors (Lipinski definition) is 2. The highest BCUT2D eigenvalue weighted by Crippen LogP contribution is 2.42. The monoisotopic (exact) mass is 351 g/mol. The van der Waals surface area contributed by atoms with Crippen LogP contribution in [0.1, 0.15) is 37.7 Å². The molecule has 0 atom stereocenters. The molecule has 1 aliphatic heterocycles. The number of phenolic OH excluding ortho intramolecular Hbond substituents is 1. The Bertz CT molecular complexity index is 596. The molecular formula is C18H26FN3OS. The van der Waals surface area contributed by atoms with Gasteiger partial charge in [0, 0.05) is 37.2 Å². The predicted octanol–water partition coefficient (Wildman–Crippen LogP) is 3.36. The zero-order chi connectivity index (χ0) is 17.0. The lowest BCUT2D eigenvalue weighted by Gasteiger charge is -2.45. The number of hydrogen-bond acceptors (Lipinski definition) is 3. The molecule has 6 heteroatoms. The van der Waals surface area contributed by atoms with Crippen LogP contribution in [0.2, 0.25) is 0 Å². The fraction of sp³-hybridized carbons (Fsp3) is 0.611. The Kier molecular flexibility index (Phi) is 5.54. The van der Waals surface area contributed by atoms with Crippen molar-refractivity contribution < 1.29 is 9.50 Å². The molecule has 4 nitrogen and oxygen atoms in total. The smallest absolute Gasteiger partial charge is 0.193 e. The van der Waals surface area contributed by atoms with E-state index in [1.807, 2.05) is 0 Å². The van der Waals surface area contributed by atoms with Crippen molar-refractivity contribution in [1.29, 1.82) is 0 Å². The third kappa shape index (κ3) is 3.97. The number of benzene rings is 1. The van der Waals surface area contributed by atoms with Crippen LogP contribution in [0.4, 0.5) is 4.39 Å². The summed E-state index contributed by atoms with van der Waals surface area (Å²) in [7, 11) is 1.80. The van der Waals surface area contributed by atoms with Crippen LogP contribution in [0.25, 0.3) is 0 Å². The summed E-state index contributed by atoms with van der Waals surface area (Å²) in [4.78, 5) is 6.77. The molecule has 1 aliphatic carbocycles. The van der Waals surface area contributed by atoms with Crippen LogP contribution in [0, 0.1) is 5.82 Å². The van der Waals surface area contributed by atoms with Crippen LogP contribution < -0.4 is 5.32 Å². The summed E-state index contributed by atoms with van der Waals surface area (Å²) < 4.78 is 13.8. The molecule has 132 valence electrons. The second-order valence-electron chi connectivity index (χ2n) is 6.70. The molecule has 0 aromatic heterocycles. The van der Waals surface area contributed by atoms with Gasteiger partial charge < -0.3 is 15.3 Å². The van der Waals surface area contributed by atoms with Gasteiger partial charge in [0.2, 0.25) is 0 Å². The minimum Gasteiger partial charge on any atom is -0.505 e. The van der Waals surface area contributed by atoms with Gasteiger partial charge in [0.05, 0.1) is 0 Å². The average Bonchev–Trinajstić information content (AvgIpc) is 2.59. The molecular weight excluding hydrogens is 325 g/mol. The van der Waals surface area contributed by atoms with Gasteiger partial charge in [-0.05, 0) is 30.5 Å². The third-order valence-corrected chi connectivity index (χ3v) is 6.52. The second-order valence-corrected chi connectivity index (χ2v) is 8.26. The van der Waals surface area contributed by atoms with Crippen molar-refractivity contribution in [1.82, 2.24) is 10.2 Å². The van der Waals surface area contributed by atoms with Gasteiger partial charge in [0.1, 0.15) is 0 Å². The molecule has 1 saturated heterocycles. The van der Waals surface area contributed by atoms with Gasteiger partial charge in [-0.1, -0.05) is 25.3 Å². The number of halogens is 1. The number of phenols is 1. The van der Waals surface area contributed by atoms with E-state index in [0.29, 0.717) is 11.3 Å². The van der Waals surface area contributed by atoms with Gasteiger partial charge in [-0.15, -0.1) is 0 Å². The molecule has 0 bridgehead atoms. The van der Waals surface area contributed by atoms with Crippen LogP contribution in [0.3, 0.4) is 0 Å². The molecule has 24 heavy (non-hydrogen) atoms. The zero-order valence-corrected chi connectivity index (χ0v) is 15.0. The molecule has 1 aromatic rings. The van der Waals surface area contributed by atoms with Crippen molar-refractivity contribution in [2.45, 2.75) is 43.4 Å². The Morgan fingerprint density at radius 1 is 1.38 bits per heavy atom. The van der Waals surface area contributed by atoms with Crippen molar-refractivity contribution in [3.05, 3.63) is 29.6 Å². The van der Waals surface area contributed by atoms with Crippen molar-refractivity contribution in [3.63, 3.8) is 0 Å². The Morgan fingerprint density at radius 3 is 2.88 bits per heavy atom. The summed E-state index contributed by atoms with van der Waals surface area (Å²) in [5, 5.41) is 12.6. The van der Waals surface area contributed by atoms with Crippen molar-refractivity contribution >= 4 is 17.7 Å². The van der Waals surface area contributed by atoms with E-state index in [0.717, 1.165) is 30.4 Å². The lowest BCUT2D eigenvalue weighted by Crippen LogP contribution is -2.53. The van der Waals surface area contributed by atoms with Crippen LogP contribution >= 0.6 is 11.8 Å². The molecule has 1 saturated carbocycles. The highest BCUT2D eigenvalue weighted by Gasteiger charge is 2.38. The quantitative estimate of drug-likeness (QED) is 0.634. The minimum atomic E-state index is -0.584. The van der Waals surface area contributed by atoms with Gasteiger partial charge in [0.25, 0.3) is 0 Å². The third-order valence-electron chi connectivity index (χ3n) is 4.99. The largest absolute Gasteiger partial charge is 0.505 e. The Hall–Kier alpha value is -1.43. The Labute approximate surface area is 147 Å². The summed E-state index contributed by atoms with van der Waals surface area (Å²) in [6, 6.07) is 4.49. The molecule has 1 spiro atoms. The average molecular weight is 351 g/mol. The van der Waals surface area contributed by atoms with Crippen LogP contribution in [-0.2, 0) is 6.54 Å². The molecule has 1 heterocycles. The first kappa shape index (κ1) is 17.4. The van der Waals surface area contributed by atoms with Crippen molar-refractivity contribution in [2.24, 2.45) is 4.99 Å². The number of guanidine groups is 1. The molecule has 0 unspecified atom stereocenters. The van der Waals surface area contributed by atoms with Crippen molar-refractivity contribution in [2.75, 3.05) is 25.9 Å². The van der Waals surface area contributed by atoms with Crippen LogP contribution in [0.5, 0.6) is 5.75 Å². The summed E-state index contributed by atoms with van der Waals surface area (Å²) >= 11 is 2.13. The lowest BCUT2D eigenvalue weighted by molar-refractivity contribution is 0.293. The van der Waals surface area contributed by atoms with E-state index in [2.05, 4.69) is 27.0 Å². The highest BCUT2D eigenvalue weighted by molar-refractivity contribution is 8.00. The first-order chi connectivity index (χ1) is 11.6. The molecule has 0 amide bonds. The molecule has 2 fully saturated rings. The molecule has 1 aromatic carbocycles. The SMILES string of the molecule is CN=C(NCc1ccc(O)c(F)c1)N1CCSC2(CCCCC2)C1. The maximum absolute atomic E-state index is 13.5. The summed E-state index contributed by atoms with van der Waals surface area (Å²) in [5.41, 5.74) is 0.796. The lowest BCUT2D eigenvalue weighted by atomic mass is 9.87. The van der Waals surface area contributed by atoms with Gasteiger partial charge in [-0.3, -0.25) is 4.99 Å². The van der Waals surface area contributed by atoms with E-state index in [9.17, 15) is 9.50 Å². The predicted molar refractivity (Wildman–Crippen MR) is 98.1 cm³/mol. The van der Waals surface area contributed by atoms with Gasteiger partial charge in [-0.2, -0.15) is 11.8 Å². The molecule has 2 aliphatic rings. The first-order valence-electron chi connectivity index (χ1n) is 8.69. The molecule has 2 N–H and O–H groups in total. The number of rotatable bonds is 2. The normalized spacial score (nSPS) is 21.1. The first-order valence-corrected chi connectivity index (χ1v) is 9.67. The summed E-state index contributed by atoms with van der Waals surface area (Å²) in [6.45, 7) is 2.54. The topological polar surface area (TPSA) is 47.9 Å². The van der Waals surface area contributed by atoms with E-state index in [1.165, 1.54) is 44.2 Å². The van der Waals surface area contributed by atoms with E-state index in [1.54, 1.807) is 13.1 Å². The minimum absolute atomic E-state index is 0.310.